The molecule has 222 valence electrons. The normalized spacial score (nSPS) is 14.4. The highest BCUT2D eigenvalue weighted by molar-refractivity contribution is 6.00. The number of nitrogens with zero attached hydrogens (tertiary/aromatic N) is 2. The molecule has 0 radical (unpaired) electrons. The van der Waals surface area contributed by atoms with E-state index in [1.807, 2.05) is 30.3 Å². The van der Waals surface area contributed by atoms with Gasteiger partial charge < -0.3 is 9.67 Å². The van der Waals surface area contributed by atoms with Crippen LogP contribution in [0.4, 0.5) is 18.9 Å². The van der Waals surface area contributed by atoms with E-state index in [2.05, 4.69) is 24.5 Å². The average Bonchev–Trinajstić information content (AvgIpc) is 3.30. The smallest absolute Gasteiger partial charge is 0.478 e. The van der Waals surface area contributed by atoms with Gasteiger partial charge >= 0.3 is 12.3 Å². The lowest BCUT2D eigenvalue weighted by atomic mass is 9.81. The number of anilines is 1. The van der Waals surface area contributed by atoms with Gasteiger partial charge in [-0.15, -0.1) is 0 Å². The number of benzene rings is 3. The van der Waals surface area contributed by atoms with E-state index in [-0.39, 0.29) is 11.3 Å². The molecule has 1 aliphatic rings. The van der Waals surface area contributed by atoms with Crippen molar-refractivity contribution in [1.29, 1.82) is 0 Å². The Hall–Kier alpha value is -4.33. The Morgan fingerprint density at radius 2 is 1.77 bits per heavy atom. The summed E-state index contributed by atoms with van der Waals surface area (Å²) in [7, 11) is 0. The summed E-state index contributed by atoms with van der Waals surface area (Å²) < 4.78 is 41.0. The molecule has 3 aromatic carbocycles. The van der Waals surface area contributed by atoms with Gasteiger partial charge in [-0.25, -0.2) is 9.78 Å². The van der Waals surface area contributed by atoms with E-state index in [1.54, 1.807) is 23.5 Å². The number of alkyl halides is 3. The van der Waals surface area contributed by atoms with Gasteiger partial charge in [0.1, 0.15) is 0 Å². The topological polar surface area (TPSA) is 67.2 Å². The van der Waals surface area contributed by atoms with Gasteiger partial charge in [0.15, 0.2) is 0 Å². The standard InChI is InChI=1S/C35H34F3N3O2/c1-3-18-41-31-20-24(34(42)43)12-13-28(31)32(22-8-5-4-6-9-22)33(41)27-15-17-30-26(21(27)2)14-16-29(39-30)23-10-7-11-25(19-23)40-35(36,37)38/h7,10-17,19-20,22,40H,3-6,8-9,18H2,1-2H3,(H,42,43). The Balaban J connectivity index is 1.51. The second-order valence-corrected chi connectivity index (χ2v) is 11.5. The first-order valence-corrected chi connectivity index (χ1v) is 14.9. The number of aromatic nitrogens is 2. The first kappa shape index (κ1) is 28.8. The lowest BCUT2D eigenvalue weighted by Crippen LogP contribution is -2.20. The number of carbonyl (C=O) groups is 1. The van der Waals surface area contributed by atoms with Crippen molar-refractivity contribution < 1.29 is 23.1 Å². The molecule has 2 heterocycles. The minimum absolute atomic E-state index is 0.0384. The minimum atomic E-state index is -4.52. The van der Waals surface area contributed by atoms with Gasteiger partial charge in [0, 0.05) is 39.6 Å². The third-order valence-electron chi connectivity index (χ3n) is 8.65. The van der Waals surface area contributed by atoms with Crippen LogP contribution in [0.1, 0.15) is 72.9 Å². The first-order valence-electron chi connectivity index (χ1n) is 14.9. The molecule has 0 spiro atoms. The Morgan fingerprint density at radius 3 is 2.49 bits per heavy atom. The van der Waals surface area contributed by atoms with E-state index >= 15 is 0 Å². The number of pyridine rings is 1. The Morgan fingerprint density at radius 1 is 1.00 bits per heavy atom. The fourth-order valence-corrected chi connectivity index (χ4v) is 6.75. The third-order valence-corrected chi connectivity index (χ3v) is 8.65. The van der Waals surface area contributed by atoms with E-state index in [9.17, 15) is 23.1 Å². The van der Waals surface area contributed by atoms with Crippen molar-refractivity contribution in [3.8, 4) is 22.5 Å². The van der Waals surface area contributed by atoms with Crippen LogP contribution in [-0.2, 0) is 6.54 Å². The second kappa shape index (κ2) is 11.4. The number of hydrogen-bond donors (Lipinski definition) is 2. The van der Waals surface area contributed by atoms with E-state index in [1.165, 1.54) is 37.0 Å². The van der Waals surface area contributed by atoms with Crippen LogP contribution in [0.2, 0.25) is 0 Å². The molecule has 5 nitrogen and oxygen atoms in total. The van der Waals surface area contributed by atoms with Crippen LogP contribution >= 0.6 is 0 Å². The quantitative estimate of drug-likeness (QED) is 0.187. The molecule has 0 aliphatic heterocycles. The van der Waals surface area contributed by atoms with Crippen LogP contribution in [-0.4, -0.2) is 26.9 Å². The van der Waals surface area contributed by atoms with Gasteiger partial charge in [0.2, 0.25) is 0 Å². The highest BCUT2D eigenvalue weighted by Gasteiger charge is 2.29. The number of fused-ring (bicyclic) bond motifs is 2. The maximum Gasteiger partial charge on any atom is 0.482 e. The molecule has 0 saturated heterocycles. The van der Waals surface area contributed by atoms with Crippen molar-refractivity contribution in [2.24, 2.45) is 0 Å². The van der Waals surface area contributed by atoms with Crippen molar-refractivity contribution in [2.75, 3.05) is 5.32 Å². The molecule has 1 aliphatic carbocycles. The SMILES string of the molecule is CCCn1c(-c2ccc3nc(-c4cccc(NC(F)(F)F)c4)ccc3c2C)c(C2CCCCC2)c2ccc(C(=O)O)cc21. The molecular weight excluding hydrogens is 551 g/mol. The van der Waals surface area contributed by atoms with Crippen LogP contribution in [0.15, 0.2) is 66.7 Å². The zero-order chi connectivity index (χ0) is 30.3. The predicted molar refractivity (Wildman–Crippen MR) is 166 cm³/mol. The third kappa shape index (κ3) is 5.58. The predicted octanol–water partition coefficient (Wildman–Crippen LogP) is 9.92. The van der Waals surface area contributed by atoms with E-state index in [0.717, 1.165) is 64.4 Å². The molecule has 1 saturated carbocycles. The fraction of sp³-hybridized carbons (Fsp3) is 0.314. The fourth-order valence-electron chi connectivity index (χ4n) is 6.75. The summed E-state index contributed by atoms with van der Waals surface area (Å²) >= 11 is 0. The summed E-state index contributed by atoms with van der Waals surface area (Å²) in [6.45, 7) is 4.99. The first-order chi connectivity index (χ1) is 20.6. The second-order valence-electron chi connectivity index (χ2n) is 11.5. The lowest BCUT2D eigenvalue weighted by Gasteiger charge is -2.24. The van der Waals surface area contributed by atoms with E-state index < -0.39 is 12.3 Å². The van der Waals surface area contributed by atoms with Crippen LogP contribution < -0.4 is 5.32 Å². The molecule has 0 amide bonds. The number of halogens is 3. The van der Waals surface area contributed by atoms with Crippen molar-refractivity contribution >= 4 is 33.5 Å². The minimum Gasteiger partial charge on any atom is -0.478 e. The molecule has 0 bridgehead atoms. The summed E-state index contributed by atoms with van der Waals surface area (Å²) in [5.74, 6) is -0.538. The zero-order valence-corrected chi connectivity index (χ0v) is 24.3. The van der Waals surface area contributed by atoms with Gasteiger partial charge in [-0.3, -0.25) is 5.32 Å². The average molecular weight is 586 g/mol. The Bertz CT molecular complexity index is 1830. The van der Waals surface area contributed by atoms with Crippen molar-refractivity contribution in [1.82, 2.24) is 9.55 Å². The molecule has 8 heteroatoms. The van der Waals surface area contributed by atoms with Crippen molar-refractivity contribution in [3.05, 3.63) is 83.4 Å². The van der Waals surface area contributed by atoms with Crippen molar-refractivity contribution in [3.63, 3.8) is 0 Å². The summed E-state index contributed by atoms with van der Waals surface area (Å²) in [6.07, 6.45) is 2.20. The van der Waals surface area contributed by atoms with Crippen molar-refractivity contribution in [2.45, 2.75) is 71.1 Å². The summed E-state index contributed by atoms with van der Waals surface area (Å²) in [5, 5.41) is 13.4. The van der Waals surface area contributed by atoms with E-state index in [4.69, 9.17) is 4.98 Å². The van der Waals surface area contributed by atoms with Crippen LogP contribution in [0.5, 0.6) is 0 Å². The molecule has 2 N–H and O–H groups in total. The highest BCUT2D eigenvalue weighted by atomic mass is 19.4. The number of rotatable bonds is 7. The largest absolute Gasteiger partial charge is 0.482 e. The maximum absolute atomic E-state index is 12.9. The van der Waals surface area contributed by atoms with Gasteiger partial charge in [-0.05, 0) is 79.6 Å². The van der Waals surface area contributed by atoms with Gasteiger partial charge in [0.05, 0.1) is 22.5 Å². The Kier molecular flexibility index (Phi) is 7.63. The lowest BCUT2D eigenvalue weighted by molar-refractivity contribution is -0.0999. The highest BCUT2D eigenvalue weighted by Crippen LogP contribution is 2.46. The molecule has 0 unspecified atom stereocenters. The molecule has 6 rings (SSSR count). The van der Waals surface area contributed by atoms with Gasteiger partial charge in [0.25, 0.3) is 0 Å². The monoisotopic (exact) mass is 585 g/mol. The molecule has 1 fully saturated rings. The molecule has 0 atom stereocenters. The number of aromatic carboxylic acids is 1. The Labute approximate surface area is 248 Å². The van der Waals surface area contributed by atoms with Gasteiger partial charge in [-0.1, -0.05) is 56.5 Å². The molecule has 2 aromatic heterocycles. The maximum atomic E-state index is 12.9. The number of carboxylic acid groups (broad SMARTS) is 1. The summed E-state index contributed by atoms with van der Waals surface area (Å²) in [6, 6.07) is 19.6. The number of hydrogen-bond acceptors (Lipinski definition) is 3. The molecule has 43 heavy (non-hydrogen) atoms. The zero-order valence-electron chi connectivity index (χ0n) is 24.3. The van der Waals surface area contributed by atoms with Gasteiger partial charge in [-0.2, -0.15) is 13.2 Å². The van der Waals surface area contributed by atoms with E-state index in [0.29, 0.717) is 17.2 Å². The number of carboxylic acids is 1. The number of aryl methyl sites for hydroxylation is 2. The van der Waals surface area contributed by atoms with Crippen LogP contribution in [0.3, 0.4) is 0 Å². The van der Waals surface area contributed by atoms with Crippen LogP contribution in [0.25, 0.3) is 44.3 Å². The summed E-state index contributed by atoms with van der Waals surface area (Å²) in [5.41, 5.74) is 7.77. The summed E-state index contributed by atoms with van der Waals surface area (Å²) in [4.78, 5) is 16.8. The molecule has 5 aromatic rings. The molecular formula is C35H34F3N3O2. The number of nitrogens with one attached hydrogen (secondary N) is 1. The van der Waals surface area contributed by atoms with Crippen LogP contribution in [0, 0.1) is 6.92 Å².